The Bertz CT molecular complexity index is 376. The summed E-state index contributed by atoms with van der Waals surface area (Å²) in [5.74, 6) is 0.100. The summed E-state index contributed by atoms with van der Waals surface area (Å²) in [4.78, 5) is 13.7. The van der Waals surface area contributed by atoms with Gasteiger partial charge in [-0.25, -0.2) is 0 Å². The van der Waals surface area contributed by atoms with Crippen molar-refractivity contribution in [2.45, 2.75) is 6.42 Å². The highest BCUT2D eigenvalue weighted by Crippen LogP contribution is 2.24. The fraction of sp³-hybridized carbons (Fsp3) is 0.300. The molecule has 0 atom stereocenters. The maximum absolute atomic E-state index is 11.9. The highest BCUT2D eigenvalue weighted by Gasteiger charge is 2.23. The minimum Gasteiger partial charge on any atom is -0.338 e. The molecule has 0 aromatic heterocycles. The molecule has 4 heteroatoms. The summed E-state index contributed by atoms with van der Waals surface area (Å²) in [6.07, 6.45) is 1.11. The van der Waals surface area contributed by atoms with Gasteiger partial charge in [0, 0.05) is 16.7 Å². The standard InChI is InChI=1S/C10H9ClINO/c11-8-4-1-3-7(9(8)12)10(14)13-5-2-6-13/h1,3-4H,2,5-6H2. The molecular formula is C10H9ClINO. The Kier molecular flexibility index (Phi) is 2.97. The number of carbonyl (C=O) groups is 1. The van der Waals surface area contributed by atoms with Crippen LogP contribution in [0.25, 0.3) is 0 Å². The van der Waals surface area contributed by atoms with Crippen molar-refractivity contribution in [2.75, 3.05) is 13.1 Å². The van der Waals surface area contributed by atoms with Crippen molar-refractivity contribution in [3.05, 3.63) is 32.4 Å². The van der Waals surface area contributed by atoms with Crippen molar-refractivity contribution in [1.82, 2.24) is 4.90 Å². The van der Waals surface area contributed by atoms with Crippen LogP contribution >= 0.6 is 34.2 Å². The first-order chi connectivity index (χ1) is 6.70. The third-order valence-electron chi connectivity index (χ3n) is 2.33. The zero-order valence-electron chi connectivity index (χ0n) is 7.46. The quantitative estimate of drug-likeness (QED) is 0.728. The average Bonchev–Trinajstić information content (AvgIpc) is 2.06. The lowest BCUT2D eigenvalue weighted by Gasteiger charge is -2.31. The third-order valence-corrected chi connectivity index (χ3v) is 4.12. The van der Waals surface area contributed by atoms with Gasteiger partial charge in [0.2, 0.25) is 0 Å². The maximum Gasteiger partial charge on any atom is 0.254 e. The van der Waals surface area contributed by atoms with E-state index >= 15 is 0 Å². The predicted molar refractivity (Wildman–Crippen MR) is 64.7 cm³/mol. The van der Waals surface area contributed by atoms with Crippen molar-refractivity contribution >= 4 is 40.1 Å². The summed E-state index contributed by atoms with van der Waals surface area (Å²) < 4.78 is 0.851. The van der Waals surface area contributed by atoms with Gasteiger partial charge in [-0.05, 0) is 41.1 Å². The normalized spacial score (nSPS) is 15.1. The summed E-state index contributed by atoms with van der Waals surface area (Å²) in [7, 11) is 0. The molecule has 0 aliphatic carbocycles. The number of rotatable bonds is 1. The van der Waals surface area contributed by atoms with Crippen LogP contribution in [0.2, 0.25) is 5.02 Å². The van der Waals surface area contributed by atoms with Gasteiger partial charge in [-0.3, -0.25) is 4.79 Å². The summed E-state index contributed by atoms with van der Waals surface area (Å²) in [5.41, 5.74) is 0.720. The molecule has 74 valence electrons. The molecule has 2 nitrogen and oxygen atoms in total. The van der Waals surface area contributed by atoms with Crippen LogP contribution in [-0.2, 0) is 0 Å². The summed E-state index contributed by atoms with van der Waals surface area (Å²) in [6, 6.07) is 5.45. The number of nitrogens with zero attached hydrogens (tertiary/aromatic N) is 1. The second-order valence-electron chi connectivity index (χ2n) is 3.25. The predicted octanol–water partition coefficient (Wildman–Crippen LogP) is 2.79. The van der Waals surface area contributed by atoms with Gasteiger partial charge < -0.3 is 4.90 Å². The van der Waals surface area contributed by atoms with E-state index in [4.69, 9.17) is 11.6 Å². The molecule has 1 fully saturated rings. The Morgan fingerprint density at radius 1 is 1.43 bits per heavy atom. The van der Waals surface area contributed by atoms with E-state index in [9.17, 15) is 4.79 Å². The second kappa shape index (κ2) is 4.06. The van der Waals surface area contributed by atoms with E-state index < -0.39 is 0 Å². The highest BCUT2D eigenvalue weighted by atomic mass is 127. The molecule has 0 unspecified atom stereocenters. The lowest BCUT2D eigenvalue weighted by Crippen LogP contribution is -2.42. The average molecular weight is 322 g/mol. The molecule has 1 aromatic rings. The maximum atomic E-state index is 11.9. The van der Waals surface area contributed by atoms with Gasteiger partial charge in [0.1, 0.15) is 0 Å². The van der Waals surface area contributed by atoms with E-state index in [1.807, 2.05) is 17.0 Å². The molecule has 0 N–H and O–H groups in total. The van der Waals surface area contributed by atoms with Crippen molar-refractivity contribution in [3.63, 3.8) is 0 Å². The van der Waals surface area contributed by atoms with Crippen LogP contribution in [0.3, 0.4) is 0 Å². The Morgan fingerprint density at radius 3 is 2.71 bits per heavy atom. The Morgan fingerprint density at radius 2 is 2.14 bits per heavy atom. The van der Waals surface area contributed by atoms with Gasteiger partial charge in [-0.1, -0.05) is 17.7 Å². The van der Waals surface area contributed by atoms with Gasteiger partial charge >= 0.3 is 0 Å². The molecule has 0 spiro atoms. The molecule has 1 aromatic carbocycles. The first-order valence-electron chi connectivity index (χ1n) is 4.43. The number of carbonyl (C=O) groups excluding carboxylic acids is 1. The molecule has 0 bridgehead atoms. The van der Waals surface area contributed by atoms with Crippen LogP contribution in [0.15, 0.2) is 18.2 Å². The van der Waals surface area contributed by atoms with E-state index in [1.54, 1.807) is 6.07 Å². The summed E-state index contributed by atoms with van der Waals surface area (Å²) in [6.45, 7) is 1.75. The van der Waals surface area contributed by atoms with E-state index in [-0.39, 0.29) is 5.91 Å². The lowest BCUT2D eigenvalue weighted by molar-refractivity contribution is 0.0650. The molecule has 1 heterocycles. The SMILES string of the molecule is O=C(c1cccc(Cl)c1I)N1CCC1. The number of amides is 1. The van der Waals surface area contributed by atoms with Gasteiger partial charge in [0.05, 0.1) is 10.6 Å². The van der Waals surface area contributed by atoms with Crippen LogP contribution in [0.1, 0.15) is 16.8 Å². The summed E-state index contributed by atoms with van der Waals surface area (Å²) in [5, 5.41) is 0.650. The molecule has 0 radical (unpaired) electrons. The minimum atomic E-state index is 0.100. The molecular weight excluding hydrogens is 312 g/mol. The molecule has 0 saturated carbocycles. The Balaban J connectivity index is 2.31. The number of benzene rings is 1. The minimum absolute atomic E-state index is 0.100. The Hall–Kier alpha value is -0.290. The van der Waals surface area contributed by atoms with Crippen LogP contribution in [0.5, 0.6) is 0 Å². The summed E-state index contributed by atoms with van der Waals surface area (Å²) >= 11 is 8.06. The first-order valence-corrected chi connectivity index (χ1v) is 5.89. The highest BCUT2D eigenvalue weighted by molar-refractivity contribution is 14.1. The van der Waals surface area contributed by atoms with Gasteiger partial charge in [0.15, 0.2) is 0 Å². The number of likely N-dealkylation sites (tertiary alicyclic amines) is 1. The zero-order valence-corrected chi connectivity index (χ0v) is 10.4. The number of hydrogen-bond acceptors (Lipinski definition) is 1. The fourth-order valence-corrected chi connectivity index (χ4v) is 2.12. The van der Waals surface area contributed by atoms with Crippen molar-refractivity contribution in [2.24, 2.45) is 0 Å². The largest absolute Gasteiger partial charge is 0.338 e. The first kappa shape index (κ1) is 10.2. The van der Waals surface area contributed by atoms with E-state index in [2.05, 4.69) is 22.6 Å². The molecule has 1 amide bonds. The van der Waals surface area contributed by atoms with Crippen LogP contribution in [-0.4, -0.2) is 23.9 Å². The fourth-order valence-electron chi connectivity index (χ4n) is 1.36. The zero-order chi connectivity index (χ0) is 10.1. The van der Waals surface area contributed by atoms with Crippen molar-refractivity contribution in [1.29, 1.82) is 0 Å². The van der Waals surface area contributed by atoms with Gasteiger partial charge in [-0.15, -0.1) is 0 Å². The second-order valence-corrected chi connectivity index (χ2v) is 4.73. The molecule has 1 aliphatic rings. The van der Waals surface area contributed by atoms with Crippen molar-refractivity contribution in [3.8, 4) is 0 Å². The van der Waals surface area contributed by atoms with Gasteiger partial charge in [0.25, 0.3) is 5.91 Å². The van der Waals surface area contributed by atoms with E-state index in [0.717, 1.165) is 28.6 Å². The molecule has 14 heavy (non-hydrogen) atoms. The number of halogens is 2. The van der Waals surface area contributed by atoms with E-state index in [1.165, 1.54) is 0 Å². The van der Waals surface area contributed by atoms with Gasteiger partial charge in [-0.2, -0.15) is 0 Å². The van der Waals surface area contributed by atoms with E-state index in [0.29, 0.717) is 5.02 Å². The molecule has 1 saturated heterocycles. The molecule has 1 aliphatic heterocycles. The van der Waals surface area contributed by atoms with Crippen molar-refractivity contribution < 1.29 is 4.79 Å². The smallest absolute Gasteiger partial charge is 0.254 e. The van der Waals surface area contributed by atoms with Crippen LogP contribution < -0.4 is 0 Å². The molecule has 2 rings (SSSR count). The Labute approximate surface area is 101 Å². The topological polar surface area (TPSA) is 20.3 Å². The van der Waals surface area contributed by atoms with Crippen LogP contribution in [0.4, 0.5) is 0 Å². The number of hydrogen-bond donors (Lipinski definition) is 0. The lowest BCUT2D eigenvalue weighted by atomic mass is 10.1. The monoisotopic (exact) mass is 321 g/mol. The third kappa shape index (κ3) is 1.75. The van der Waals surface area contributed by atoms with Crippen LogP contribution in [0, 0.1) is 3.57 Å².